The molecule has 0 bridgehead atoms. The molecule has 0 aliphatic carbocycles. The van der Waals surface area contributed by atoms with E-state index in [9.17, 15) is 4.79 Å². The average molecular weight is 241 g/mol. The molecule has 0 amide bonds. The van der Waals surface area contributed by atoms with E-state index in [2.05, 4.69) is 15.1 Å². The van der Waals surface area contributed by atoms with Crippen molar-refractivity contribution in [2.24, 2.45) is 0 Å². The molecule has 1 saturated heterocycles. The maximum Gasteiger partial charge on any atom is 0.142 e. The Labute approximate surface area is 106 Å². The lowest BCUT2D eigenvalue weighted by atomic mass is 10.0. The summed E-state index contributed by atoms with van der Waals surface area (Å²) in [6.45, 7) is 0.916. The van der Waals surface area contributed by atoms with Gasteiger partial charge in [-0.3, -0.25) is 0 Å². The molecule has 1 aliphatic heterocycles. The zero-order chi connectivity index (χ0) is 12.4. The predicted molar refractivity (Wildman–Crippen MR) is 70.6 cm³/mol. The highest BCUT2D eigenvalue weighted by molar-refractivity contribution is 5.91. The highest BCUT2D eigenvalue weighted by Gasteiger charge is 2.23. The summed E-state index contributed by atoms with van der Waals surface area (Å²) in [6, 6.07) is 7.91. The lowest BCUT2D eigenvalue weighted by Crippen LogP contribution is -2.40. The molecule has 0 radical (unpaired) electrons. The van der Waals surface area contributed by atoms with Gasteiger partial charge in [0.15, 0.2) is 0 Å². The van der Waals surface area contributed by atoms with Crippen molar-refractivity contribution in [1.29, 1.82) is 0 Å². The molecular weight excluding hydrogens is 226 g/mol. The van der Waals surface area contributed by atoms with E-state index in [1.807, 2.05) is 24.3 Å². The standard InChI is InChI=1S/C14H15N3O/c18-10-11-5-3-4-8-17(11)14-9-15-16-13-7-2-1-6-12(13)14/h1-2,6-7,9-11H,3-5,8H2. The molecule has 1 aliphatic rings. The van der Waals surface area contributed by atoms with Gasteiger partial charge in [0.05, 0.1) is 23.4 Å². The molecule has 1 aromatic carbocycles. The third-order valence-corrected chi connectivity index (χ3v) is 3.54. The van der Waals surface area contributed by atoms with Crippen molar-refractivity contribution in [3.05, 3.63) is 30.5 Å². The first-order chi connectivity index (χ1) is 8.90. The van der Waals surface area contributed by atoms with Crippen LogP contribution in [0.15, 0.2) is 30.5 Å². The summed E-state index contributed by atoms with van der Waals surface area (Å²) in [5.74, 6) is 0. The van der Waals surface area contributed by atoms with Crippen molar-refractivity contribution in [3.8, 4) is 0 Å². The van der Waals surface area contributed by atoms with Gasteiger partial charge in [-0.25, -0.2) is 0 Å². The van der Waals surface area contributed by atoms with Gasteiger partial charge in [-0.2, -0.15) is 10.2 Å². The zero-order valence-corrected chi connectivity index (χ0v) is 10.1. The minimum atomic E-state index is -0.0219. The predicted octanol–water partition coefficient (Wildman–Crippen LogP) is 2.19. The summed E-state index contributed by atoms with van der Waals surface area (Å²) in [5.41, 5.74) is 1.91. The lowest BCUT2D eigenvalue weighted by Gasteiger charge is -2.34. The Morgan fingerprint density at radius 1 is 1.28 bits per heavy atom. The van der Waals surface area contributed by atoms with Crippen LogP contribution in [0, 0.1) is 0 Å². The van der Waals surface area contributed by atoms with Crippen LogP contribution in [-0.4, -0.2) is 29.1 Å². The fraction of sp³-hybridized carbons (Fsp3) is 0.357. The van der Waals surface area contributed by atoms with Gasteiger partial charge in [-0.05, 0) is 25.3 Å². The van der Waals surface area contributed by atoms with Crippen LogP contribution in [0.3, 0.4) is 0 Å². The van der Waals surface area contributed by atoms with Gasteiger partial charge in [-0.1, -0.05) is 18.2 Å². The van der Waals surface area contributed by atoms with E-state index in [0.717, 1.165) is 48.7 Å². The minimum Gasteiger partial charge on any atom is -0.360 e. The molecule has 1 atom stereocenters. The van der Waals surface area contributed by atoms with Crippen molar-refractivity contribution in [2.75, 3.05) is 11.4 Å². The summed E-state index contributed by atoms with van der Waals surface area (Å²) >= 11 is 0. The van der Waals surface area contributed by atoms with Gasteiger partial charge >= 0.3 is 0 Å². The van der Waals surface area contributed by atoms with Crippen molar-refractivity contribution < 1.29 is 4.79 Å². The molecule has 1 unspecified atom stereocenters. The molecule has 3 rings (SSSR count). The smallest absolute Gasteiger partial charge is 0.142 e. The number of fused-ring (bicyclic) bond motifs is 1. The second kappa shape index (κ2) is 4.72. The van der Waals surface area contributed by atoms with Gasteiger partial charge in [0.25, 0.3) is 0 Å². The molecular formula is C14H15N3O. The average Bonchev–Trinajstić information content (AvgIpc) is 2.46. The van der Waals surface area contributed by atoms with Crippen LogP contribution < -0.4 is 4.90 Å². The second-order valence-electron chi connectivity index (χ2n) is 4.64. The van der Waals surface area contributed by atoms with E-state index in [1.165, 1.54) is 0 Å². The molecule has 0 N–H and O–H groups in total. The fourth-order valence-corrected chi connectivity index (χ4v) is 2.62. The lowest BCUT2D eigenvalue weighted by molar-refractivity contribution is -0.109. The molecule has 0 saturated carbocycles. The first kappa shape index (κ1) is 11.1. The summed E-state index contributed by atoms with van der Waals surface area (Å²) in [5, 5.41) is 9.24. The summed E-state index contributed by atoms with van der Waals surface area (Å²) in [6.07, 6.45) is 6.00. The molecule has 92 valence electrons. The van der Waals surface area contributed by atoms with E-state index in [-0.39, 0.29) is 6.04 Å². The number of nitrogens with zero attached hydrogens (tertiary/aromatic N) is 3. The number of carbonyl (C=O) groups is 1. The van der Waals surface area contributed by atoms with Crippen LogP contribution >= 0.6 is 0 Å². The Morgan fingerprint density at radius 2 is 2.17 bits per heavy atom. The molecule has 0 spiro atoms. The monoisotopic (exact) mass is 241 g/mol. The first-order valence-corrected chi connectivity index (χ1v) is 6.32. The number of anilines is 1. The van der Waals surface area contributed by atoms with Crippen molar-refractivity contribution >= 4 is 22.9 Å². The molecule has 4 nitrogen and oxygen atoms in total. The number of benzene rings is 1. The van der Waals surface area contributed by atoms with Crippen LogP contribution in [0.5, 0.6) is 0 Å². The first-order valence-electron chi connectivity index (χ1n) is 6.32. The maximum atomic E-state index is 11.2. The Balaban J connectivity index is 2.10. The zero-order valence-electron chi connectivity index (χ0n) is 10.1. The van der Waals surface area contributed by atoms with Gasteiger partial charge in [-0.15, -0.1) is 0 Å². The molecule has 2 heterocycles. The van der Waals surface area contributed by atoms with Gasteiger partial charge in [0, 0.05) is 11.9 Å². The van der Waals surface area contributed by atoms with E-state index in [1.54, 1.807) is 6.20 Å². The normalized spacial score (nSPS) is 20.0. The van der Waals surface area contributed by atoms with Crippen LogP contribution in [0.2, 0.25) is 0 Å². The van der Waals surface area contributed by atoms with Gasteiger partial charge in [0.2, 0.25) is 0 Å². The van der Waals surface area contributed by atoms with E-state index in [0.29, 0.717) is 0 Å². The topological polar surface area (TPSA) is 46.1 Å². The van der Waals surface area contributed by atoms with E-state index < -0.39 is 0 Å². The minimum absolute atomic E-state index is 0.0219. The number of aldehydes is 1. The second-order valence-corrected chi connectivity index (χ2v) is 4.64. The number of piperidine rings is 1. The van der Waals surface area contributed by atoms with Crippen LogP contribution in [0.4, 0.5) is 5.69 Å². The summed E-state index contributed by atoms with van der Waals surface area (Å²) in [7, 11) is 0. The van der Waals surface area contributed by atoms with Crippen LogP contribution in [0.1, 0.15) is 19.3 Å². The molecule has 18 heavy (non-hydrogen) atoms. The SMILES string of the molecule is O=CC1CCCCN1c1cnnc2ccccc12. The number of aromatic nitrogens is 2. The van der Waals surface area contributed by atoms with Gasteiger partial charge in [0.1, 0.15) is 6.29 Å². The van der Waals surface area contributed by atoms with Gasteiger partial charge < -0.3 is 9.69 Å². The molecule has 2 aromatic rings. The summed E-state index contributed by atoms with van der Waals surface area (Å²) in [4.78, 5) is 13.4. The molecule has 1 aromatic heterocycles. The molecule has 4 heteroatoms. The number of hydrogen-bond acceptors (Lipinski definition) is 4. The number of carbonyl (C=O) groups excluding carboxylic acids is 1. The third-order valence-electron chi connectivity index (χ3n) is 3.54. The Kier molecular flexibility index (Phi) is 2.92. The van der Waals surface area contributed by atoms with E-state index in [4.69, 9.17) is 0 Å². The molecule has 1 fully saturated rings. The van der Waals surface area contributed by atoms with Crippen molar-refractivity contribution in [3.63, 3.8) is 0 Å². The number of rotatable bonds is 2. The van der Waals surface area contributed by atoms with Crippen molar-refractivity contribution in [1.82, 2.24) is 10.2 Å². The highest BCUT2D eigenvalue weighted by Crippen LogP contribution is 2.29. The Morgan fingerprint density at radius 3 is 3.06 bits per heavy atom. The summed E-state index contributed by atoms with van der Waals surface area (Å²) < 4.78 is 0. The Hall–Kier alpha value is -1.97. The highest BCUT2D eigenvalue weighted by atomic mass is 16.1. The van der Waals surface area contributed by atoms with E-state index >= 15 is 0 Å². The Bertz CT molecular complexity index is 564. The van der Waals surface area contributed by atoms with Crippen LogP contribution in [-0.2, 0) is 4.79 Å². The largest absolute Gasteiger partial charge is 0.360 e. The fourth-order valence-electron chi connectivity index (χ4n) is 2.62. The van der Waals surface area contributed by atoms with Crippen molar-refractivity contribution in [2.45, 2.75) is 25.3 Å². The van der Waals surface area contributed by atoms with Crippen LogP contribution in [0.25, 0.3) is 10.9 Å². The maximum absolute atomic E-state index is 11.2. The number of hydrogen-bond donors (Lipinski definition) is 0. The quantitative estimate of drug-likeness (QED) is 0.756. The third kappa shape index (κ3) is 1.83.